The highest BCUT2D eigenvalue weighted by Crippen LogP contribution is 2.30. The lowest BCUT2D eigenvalue weighted by Crippen LogP contribution is -2.57. The van der Waals surface area contributed by atoms with Crippen LogP contribution in [0, 0.1) is 5.41 Å². The predicted molar refractivity (Wildman–Crippen MR) is 80.5 cm³/mol. The predicted octanol–water partition coefficient (Wildman–Crippen LogP) is 0.867. The molecule has 6 heteroatoms. The lowest BCUT2D eigenvalue weighted by atomic mass is 9.86. The van der Waals surface area contributed by atoms with E-state index >= 15 is 0 Å². The Balaban J connectivity index is 2.16. The van der Waals surface area contributed by atoms with Gasteiger partial charge in [0.1, 0.15) is 5.60 Å². The molecule has 1 fully saturated rings. The Morgan fingerprint density at radius 3 is 2.71 bits per heavy atom. The summed E-state index contributed by atoms with van der Waals surface area (Å²) in [5.74, 6) is -0.0130. The molecule has 2 atom stereocenters. The molecule has 0 aromatic carbocycles. The van der Waals surface area contributed by atoms with Gasteiger partial charge in [-0.15, -0.1) is 0 Å². The van der Waals surface area contributed by atoms with Crippen molar-refractivity contribution in [3.63, 3.8) is 0 Å². The highest BCUT2D eigenvalue weighted by Gasteiger charge is 2.39. The molecule has 1 aliphatic heterocycles. The van der Waals surface area contributed by atoms with Gasteiger partial charge in [0.05, 0.1) is 25.4 Å². The van der Waals surface area contributed by atoms with Gasteiger partial charge in [0.2, 0.25) is 5.91 Å². The molecule has 1 amide bonds. The molecule has 0 radical (unpaired) electrons. The number of nitrogens with zero attached hydrogens (tertiary/aromatic N) is 3. The van der Waals surface area contributed by atoms with Crippen LogP contribution in [0.2, 0.25) is 0 Å². The van der Waals surface area contributed by atoms with Crippen LogP contribution in [0.25, 0.3) is 0 Å². The molecule has 0 aliphatic carbocycles. The Labute approximate surface area is 126 Å². The fourth-order valence-corrected chi connectivity index (χ4v) is 2.49. The van der Waals surface area contributed by atoms with Crippen molar-refractivity contribution in [2.45, 2.75) is 39.3 Å². The molecule has 6 nitrogen and oxygen atoms in total. The van der Waals surface area contributed by atoms with Crippen LogP contribution in [-0.4, -0.2) is 46.3 Å². The number of aryl methyl sites for hydroxylation is 1. The highest BCUT2D eigenvalue weighted by atomic mass is 16.5. The smallest absolute Gasteiger partial charge is 0.240 e. The maximum absolute atomic E-state index is 12.6. The molecule has 21 heavy (non-hydrogen) atoms. The fraction of sp³-hybridized carbons (Fsp3) is 0.733. The summed E-state index contributed by atoms with van der Waals surface area (Å²) in [6, 6.07) is -0.506. The van der Waals surface area contributed by atoms with E-state index in [2.05, 4.69) is 5.10 Å². The Hall–Kier alpha value is -1.40. The van der Waals surface area contributed by atoms with Crippen molar-refractivity contribution in [3.05, 3.63) is 18.0 Å². The van der Waals surface area contributed by atoms with Crippen molar-refractivity contribution in [1.82, 2.24) is 14.7 Å². The summed E-state index contributed by atoms with van der Waals surface area (Å²) in [4.78, 5) is 14.4. The molecule has 1 aromatic heterocycles. The van der Waals surface area contributed by atoms with Crippen molar-refractivity contribution in [2.24, 2.45) is 18.2 Å². The first-order valence-electron chi connectivity index (χ1n) is 7.31. The fourth-order valence-electron chi connectivity index (χ4n) is 2.49. The molecule has 2 heterocycles. The van der Waals surface area contributed by atoms with Gasteiger partial charge in [0, 0.05) is 25.4 Å². The number of amides is 1. The molecule has 0 saturated carbocycles. The van der Waals surface area contributed by atoms with Gasteiger partial charge in [-0.2, -0.15) is 5.10 Å². The van der Waals surface area contributed by atoms with E-state index < -0.39 is 11.6 Å². The van der Waals surface area contributed by atoms with Crippen LogP contribution >= 0.6 is 0 Å². The summed E-state index contributed by atoms with van der Waals surface area (Å²) in [5.41, 5.74) is 6.31. The summed E-state index contributed by atoms with van der Waals surface area (Å²) >= 11 is 0. The maximum Gasteiger partial charge on any atom is 0.240 e. The molecular weight excluding hydrogens is 268 g/mol. The quantitative estimate of drug-likeness (QED) is 0.878. The Morgan fingerprint density at radius 2 is 2.19 bits per heavy atom. The second-order valence-corrected chi connectivity index (χ2v) is 7.09. The minimum atomic E-state index is -0.528. The van der Waals surface area contributed by atoms with Gasteiger partial charge >= 0.3 is 0 Å². The maximum atomic E-state index is 12.6. The molecule has 2 rings (SSSR count). The zero-order chi connectivity index (χ0) is 15.8. The monoisotopic (exact) mass is 294 g/mol. The Bertz CT molecular complexity index is 520. The number of hydrogen-bond donors (Lipinski definition) is 1. The summed E-state index contributed by atoms with van der Waals surface area (Å²) in [6.45, 7) is 9.53. The Kier molecular flexibility index (Phi) is 4.13. The third-order valence-electron chi connectivity index (χ3n) is 4.10. The molecule has 118 valence electrons. The number of carbonyl (C=O) groups is 1. The number of carbonyl (C=O) groups excluding carboxylic acids is 1. The number of morpholine rings is 1. The second kappa shape index (κ2) is 5.42. The van der Waals surface area contributed by atoms with E-state index in [9.17, 15) is 4.79 Å². The lowest BCUT2D eigenvalue weighted by molar-refractivity contribution is -0.153. The van der Waals surface area contributed by atoms with Crippen molar-refractivity contribution in [2.75, 3.05) is 19.7 Å². The van der Waals surface area contributed by atoms with Gasteiger partial charge in [-0.1, -0.05) is 20.8 Å². The van der Waals surface area contributed by atoms with Crippen LogP contribution in [0.3, 0.4) is 0 Å². The molecule has 2 N–H and O–H groups in total. The number of aromatic nitrogens is 2. The van der Waals surface area contributed by atoms with Gasteiger partial charge in [-0.25, -0.2) is 0 Å². The summed E-state index contributed by atoms with van der Waals surface area (Å²) in [7, 11) is 1.87. The van der Waals surface area contributed by atoms with Crippen molar-refractivity contribution < 1.29 is 9.53 Å². The largest absolute Gasteiger partial charge is 0.367 e. The van der Waals surface area contributed by atoms with Gasteiger partial charge in [-0.05, 0) is 12.3 Å². The van der Waals surface area contributed by atoms with Crippen LogP contribution in [0.1, 0.15) is 33.3 Å². The summed E-state index contributed by atoms with van der Waals surface area (Å²) in [6.07, 6.45) is 3.72. The molecule has 1 saturated heterocycles. The molecule has 0 spiro atoms. The first kappa shape index (κ1) is 16.0. The number of ether oxygens (including phenoxy) is 1. The second-order valence-electron chi connectivity index (χ2n) is 7.09. The minimum Gasteiger partial charge on any atom is -0.367 e. The molecule has 0 bridgehead atoms. The van der Waals surface area contributed by atoms with Crippen molar-refractivity contribution in [3.8, 4) is 0 Å². The topological polar surface area (TPSA) is 73.4 Å². The summed E-state index contributed by atoms with van der Waals surface area (Å²) in [5, 5.41) is 4.19. The van der Waals surface area contributed by atoms with Crippen molar-refractivity contribution in [1.29, 1.82) is 0 Å². The summed E-state index contributed by atoms with van der Waals surface area (Å²) < 4.78 is 7.66. The normalized spacial score (nSPS) is 25.0. The number of hydrogen-bond acceptors (Lipinski definition) is 4. The van der Waals surface area contributed by atoms with Gasteiger partial charge in [0.15, 0.2) is 0 Å². The van der Waals surface area contributed by atoms with Crippen molar-refractivity contribution >= 4 is 5.91 Å². The molecule has 1 aliphatic rings. The zero-order valence-electron chi connectivity index (χ0n) is 13.6. The third-order valence-corrected chi connectivity index (χ3v) is 4.10. The van der Waals surface area contributed by atoms with Crippen LogP contribution in [0.5, 0.6) is 0 Å². The van der Waals surface area contributed by atoms with E-state index in [0.717, 1.165) is 5.56 Å². The number of rotatable bonds is 2. The SMILES string of the molecule is Cn1cc([C@]2(C)CN(C(=O)[C@@H](N)C(C)(C)C)CCO2)cn1. The average molecular weight is 294 g/mol. The van der Waals surface area contributed by atoms with Gasteiger partial charge in [0.25, 0.3) is 0 Å². The first-order chi connectivity index (χ1) is 9.63. The van der Waals surface area contributed by atoms with Crippen LogP contribution in [0.4, 0.5) is 0 Å². The van der Waals surface area contributed by atoms with Crippen LogP contribution in [-0.2, 0) is 22.2 Å². The molecular formula is C15H26N4O2. The first-order valence-corrected chi connectivity index (χ1v) is 7.31. The van der Waals surface area contributed by atoms with Gasteiger partial charge in [-0.3, -0.25) is 9.48 Å². The van der Waals surface area contributed by atoms with E-state index in [-0.39, 0.29) is 11.3 Å². The zero-order valence-corrected chi connectivity index (χ0v) is 13.6. The third kappa shape index (κ3) is 3.27. The number of nitrogens with two attached hydrogens (primary N) is 1. The van der Waals surface area contributed by atoms with E-state index in [1.54, 1.807) is 10.9 Å². The molecule has 1 aromatic rings. The van der Waals surface area contributed by atoms with E-state index in [1.807, 2.05) is 45.8 Å². The highest BCUT2D eigenvalue weighted by molar-refractivity contribution is 5.82. The lowest BCUT2D eigenvalue weighted by Gasteiger charge is -2.42. The standard InChI is InChI=1S/C15H26N4O2/c1-14(2,3)12(16)13(20)19-6-7-21-15(4,10-19)11-8-17-18(5)9-11/h8-9,12H,6-7,10,16H2,1-5H3/t12-,15+/m1/s1. The van der Waals surface area contributed by atoms with Crippen LogP contribution in [0.15, 0.2) is 12.4 Å². The van der Waals surface area contributed by atoms with E-state index in [0.29, 0.717) is 19.7 Å². The molecule has 0 unspecified atom stereocenters. The van der Waals surface area contributed by atoms with E-state index in [1.165, 1.54) is 0 Å². The van der Waals surface area contributed by atoms with Crippen LogP contribution < -0.4 is 5.73 Å². The van der Waals surface area contributed by atoms with E-state index in [4.69, 9.17) is 10.5 Å². The average Bonchev–Trinajstić information content (AvgIpc) is 2.83. The minimum absolute atomic E-state index is 0.0130. The van der Waals surface area contributed by atoms with Gasteiger partial charge < -0.3 is 15.4 Å². The Morgan fingerprint density at radius 1 is 1.52 bits per heavy atom.